The molecular formula is C14H21NO3S. The molecule has 0 saturated carbocycles. The van der Waals surface area contributed by atoms with Gasteiger partial charge in [-0.1, -0.05) is 13.8 Å². The van der Waals surface area contributed by atoms with E-state index in [0.717, 1.165) is 12.8 Å². The van der Waals surface area contributed by atoms with Crippen molar-refractivity contribution in [2.45, 2.75) is 37.6 Å². The molecule has 5 heteroatoms. The highest BCUT2D eigenvalue weighted by Crippen LogP contribution is 2.30. The van der Waals surface area contributed by atoms with Gasteiger partial charge in [0.15, 0.2) is 0 Å². The Labute approximate surface area is 115 Å². The highest BCUT2D eigenvalue weighted by molar-refractivity contribution is 7.89. The van der Waals surface area contributed by atoms with E-state index in [1.165, 1.54) is 0 Å². The third kappa shape index (κ3) is 2.77. The Hall–Kier alpha value is -1.07. The molecule has 1 aliphatic rings. The van der Waals surface area contributed by atoms with E-state index in [1.54, 1.807) is 35.7 Å². The van der Waals surface area contributed by atoms with E-state index in [2.05, 4.69) is 13.8 Å². The SMILES string of the molecule is COc1ccc(S(=O)(=O)N2CCC[C@@H]2C(C)C)cc1. The van der Waals surface area contributed by atoms with Crippen LogP contribution in [0.4, 0.5) is 0 Å². The lowest BCUT2D eigenvalue weighted by Gasteiger charge is -2.26. The van der Waals surface area contributed by atoms with Gasteiger partial charge in [0.1, 0.15) is 5.75 Å². The number of rotatable bonds is 4. The topological polar surface area (TPSA) is 46.6 Å². The van der Waals surface area contributed by atoms with Crippen molar-refractivity contribution in [3.63, 3.8) is 0 Å². The van der Waals surface area contributed by atoms with Gasteiger partial charge in [-0.25, -0.2) is 8.42 Å². The largest absolute Gasteiger partial charge is 0.497 e. The molecule has 1 aromatic rings. The van der Waals surface area contributed by atoms with Crippen molar-refractivity contribution in [3.8, 4) is 5.75 Å². The van der Waals surface area contributed by atoms with Gasteiger partial charge in [0.25, 0.3) is 0 Å². The minimum atomic E-state index is -3.38. The van der Waals surface area contributed by atoms with Crippen molar-refractivity contribution in [2.24, 2.45) is 5.92 Å². The van der Waals surface area contributed by atoms with E-state index in [9.17, 15) is 8.42 Å². The van der Waals surface area contributed by atoms with E-state index in [0.29, 0.717) is 23.1 Å². The summed E-state index contributed by atoms with van der Waals surface area (Å²) in [5.74, 6) is 1.01. The Bertz CT molecular complexity index is 522. The molecule has 0 aliphatic carbocycles. The molecule has 0 unspecified atom stereocenters. The molecule has 106 valence electrons. The van der Waals surface area contributed by atoms with Crippen LogP contribution in [0, 0.1) is 5.92 Å². The molecule has 0 amide bonds. The maximum atomic E-state index is 12.6. The molecule has 0 bridgehead atoms. The van der Waals surface area contributed by atoms with Gasteiger partial charge in [0, 0.05) is 12.6 Å². The first kappa shape index (κ1) is 14.3. The lowest BCUT2D eigenvalue weighted by molar-refractivity contribution is 0.315. The van der Waals surface area contributed by atoms with Crippen LogP contribution in [-0.2, 0) is 10.0 Å². The third-order valence-electron chi connectivity index (χ3n) is 3.68. The van der Waals surface area contributed by atoms with Crippen LogP contribution in [0.5, 0.6) is 5.75 Å². The Morgan fingerprint density at radius 1 is 1.26 bits per heavy atom. The summed E-state index contributed by atoms with van der Waals surface area (Å²) in [7, 11) is -1.81. The summed E-state index contributed by atoms with van der Waals surface area (Å²) >= 11 is 0. The van der Waals surface area contributed by atoms with Gasteiger partial charge in [-0.3, -0.25) is 0 Å². The van der Waals surface area contributed by atoms with Crippen molar-refractivity contribution in [2.75, 3.05) is 13.7 Å². The maximum Gasteiger partial charge on any atom is 0.243 e. The molecule has 0 spiro atoms. The smallest absolute Gasteiger partial charge is 0.243 e. The minimum Gasteiger partial charge on any atom is -0.497 e. The Balaban J connectivity index is 2.30. The Kier molecular flexibility index (Phi) is 4.16. The molecule has 19 heavy (non-hydrogen) atoms. The summed E-state index contributed by atoms with van der Waals surface area (Å²) < 4.78 is 32.0. The zero-order chi connectivity index (χ0) is 14.0. The Morgan fingerprint density at radius 3 is 2.42 bits per heavy atom. The fourth-order valence-corrected chi connectivity index (χ4v) is 4.44. The van der Waals surface area contributed by atoms with Crippen LogP contribution in [0.3, 0.4) is 0 Å². The van der Waals surface area contributed by atoms with Crippen LogP contribution in [-0.4, -0.2) is 32.4 Å². The van der Waals surface area contributed by atoms with Crippen LogP contribution in [0.1, 0.15) is 26.7 Å². The van der Waals surface area contributed by atoms with Gasteiger partial charge in [-0.15, -0.1) is 0 Å². The number of sulfonamides is 1. The van der Waals surface area contributed by atoms with Crippen LogP contribution >= 0.6 is 0 Å². The van der Waals surface area contributed by atoms with Crippen LogP contribution < -0.4 is 4.74 Å². The average molecular weight is 283 g/mol. The first-order valence-electron chi connectivity index (χ1n) is 6.62. The number of ether oxygens (including phenoxy) is 1. The molecule has 0 aromatic heterocycles. The normalized spacial score (nSPS) is 20.9. The summed E-state index contributed by atoms with van der Waals surface area (Å²) in [4.78, 5) is 0.348. The number of methoxy groups -OCH3 is 1. The van der Waals surface area contributed by atoms with Gasteiger partial charge in [-0.05, 0) is 43.0 Å². The van der Waals surface area contributed by atoms with Gasteiger partial charge >= 0.3 is 0 Å². The van der Waals surface area contributed by atoms with E-state index in [-0.39, 0.29) is 6.04 Å². The lowest BCUT2D eigenvalue weighted by atomic mass is 10.0. The van der Waals surface area contributed by atoms with Gasteiger partial charge in [0.2, 0.25) is 10.0 Å². The predicted octanol–water partition coefficient (Wildman–Crippen LogP) is 2.50. The number of benzene rings is 1. The van der Waals surface area contributed by atoms with Gasteiger partial charge in [0.05, 0.1) is 12.0 Å². The maximum absolute atomic E-state index is 12.6. The average Bonchev–Trinajstić information content (AvgIpc) is 2.89. The molecule has 1 atom stereocenters. The molecule has 0 radical (unpaired) electrons. The second-order valence-corrected chi connectivity index (χ2v) is 7.14. The first-order valence-corrected chi connectivity index (χ1v) is 8.06. The molecule has 0 N–H and O–H groups in total. The molecule has 1 heterocycles. The fourth-order valence-electron chi connectivity index (χ4n) is 2.61. The zero-order valence-corrected chi connectivity index (χ0v) is 12.5. The zero-order valence-electron chi connectivity index (χ0n) is 11.7. The van der Waals surface area contributed by atoms with Crippen LogP contribution in [0.15, 0.2) is 29.2 Å². The molecule has 1 saturated heterocycles. The molecule has 1 fully saturated rings. The van der Waals surface area contributed by atoms with E-state index in [1.807, 2.05) is 0 Å². The van der Waals surface area contributed by atoms with Crippen molar-refractivity contribution in [1.29, 1.82) is 0 Å². The van der Waals surface area contributed by atoms with Crippen molar-refractivity contribution in [3.05, 3.63) is 24.3 Å². The van der Waals surface area contributed by atoms with Gasteiger partial charge in [-0.2, -0.15) is 4.31 Å². The fraction of sp³-hybridized carbons (Fsp3) is 0.571. The van der Waals surface area contributed by atoms with Crippen LogP contribution in [0.25, 0.3) is 0 Å². The summed E-state index contributed by atoms with van der Waals surface area (Å²) in [6.07, 6.45) is 1.89. The van der Waals surface area contributed by atoms with Crippen molar-refractivity contribution in [1.82, 2.24) is 4.31 Å². The standard InChI is InChI=1S/C14H21NO3S/c1-11(2)14-5-4-10-15(14)19(16,17)13-8-6-12(18-3)7-9-13/h6-9,11,14H,4-5,10H2,1-3H3/t14-/m1/s1. The van der Waals surface area contributed by atoms with E-state index >= 15 is 0 Å². The highest BCUT2D eigenvalue weighted by atomic mass is 32.2. The van der Waals surface area contributed by atoms with Crippen LogP contribution in [0.2, 0.25) is 0 Å². The molecule has 2 rings (SSSR count). The van der Waals surface area contributed by atoms with E-state index in [4.69, 9.17) is 4.74 Å². The highest BCUT2D eigenvalue weighted by Gasteiger charge is 2.36. The predicted molar refractivity (Wildman–Crippen MR) is 74.7 cm³/mol. The number of nitrogens with zero attached hydrogens (tertiary/aromatic N) is 1. The number of hydrogen-bond acceptors (Lipinski definition) is 3. The Morgan fingerprint density at radius 2 is 1.89 bits per heavy atom. The van der Waals surface area contributed by atoms with Crippen molar-refractivity contribution >= 4 is 10.0 Å². The molecule has 4 nitrogen and oxygen atoms in total. The molecule has 1 aliphatic heterocycles. The summed E-state index contributed by atoms with van der Waals surface area (Å²) in [5, 5.41) is 0. The molecular weight excluding hydrogens is 262 g/mol. The quantitative estimate of drug-likeness (QED) is 0.853. The second-order valence-electron chi connectivity index (χ2n) is 5.24. The third-order valence-corrected chi connectivity index (χ3v) is 5.62. The molecule has 1 aromatic carbocycles. The second kappa shape index (κ2) is 5.51. The summed E-state index contributed by atoms with van der Waals surface area (Å²) in [6, 6.07) is 6.72. The minimum absolute atomic E-state index is 0.118. The number of hydrogen-bond donors (Lipinski definition) is 0. The lowest BCUT2D eigenvalue weighted by Crippen LogP contribution is -2.38. The van der Waals surface area contributed by atoms with E-state index < -0.39 is 10.0 Å². The van der Waals surface area contributed by atoms with Gasteiger partial charge < -0.3 is 4.74 Å². The summed E-state index contributed by atoms with van der Waals surface area (Å²) in [6.45, 7) is 4.77. The van der Waals surface area contributed by atoms with Crippen molar-refractivity contribution < 1.29 is 13.2 Å². The monoisotopic (exact) mass is 283 g/mol. The first-order chi connectivity index (χ1) is 8.96. The summed E-state index contributed by atoms with van der Waals surface area (Å²) in [5.41, 5.74) is 0.